The van der Waals surface area contributed by atoms with Crippen LogP contribution in [0.15, 0.2) is 54.6 Å². The normalized spacial score (nSPS) is 9.31. The van der Waals surface area contributed by atoms with E-state index in [-0.39, 0.29) is 35.3 Å². The molecule has 0 heterocycles. The van der Waals surface area contributed by atoms with Gasteiger partial charge >= 0.3 is 29.6 Å². The molecule has 2 heteroatoms. The third-order valence-electron chi connectivity index (χ3n) is 2.35. The van der Waals surface area contributed by atoms with Crippen molar-refractivity contribution < 1.29 is 4.79 Å². The molecule has 2 aromatic rings. The van der Waals surface area contributed by atoms with Gasteiger partial charge in [-0.25, -0.2) is 0 Å². The van der Waals surface area contributed by atoms with Gasteiger partial charge in [0.05, 0.1) is 0 Å². The fraction of sp³-hybridized carbons (Fsp3) is 0.0714. The van der Waals surface area contributed by atoms with Crippen LogP contribution in [0.5, 0.6) is 0 Å². The van der Waals surface area contributed by atoms with Crippen molar-refractivity contribution in [3.63, 3.8) is 0 Å². The molecule has 0 spiro atoms. The van der Waals surface area contributed by atoms with E-state index in [0.29, 0.717) is 0 Å². The minimum absolute atomic E-state index is 0. The first kappa shape index (κ1) is 13.2. The quantitative estimate of drug-likeness (QED) is 0.561. The van der Waals surface area contributed by atoms with Gasteiger partial charge in [-0.3, -0.25) is 4.79 Å². The Hall–Kier alpha value is -0.890. The second-order valence-corrected chi connectivity index (χ2v) is 3.56. The van der Waals surface area contributed by atoms with E-state index in [1.807, 2.05) is 61.5 Å². The van der Waals surface area contributed by atoms with E-state index in [2.05, 4.69) is 0 Å². The van der Waals surface area contributed by atoms with Crippen molar-refractivity contribution in [3.8, 4) is 0 Å². The molecule has 0 aromatic heterocycles. The number of hydrogen-bond acceptors (Lipinski definition) is 1. The van der Waals surface area contributed by atoms with Gasteiger partial charge < -0.3 is 0 Å². The standard InChI is InChI=1S/C14H12O.Na.H/c1-11-7-9-13(10-8-11)14(15)12-5-3-2-4-6-12;;/h2-10H,1H3;;. The van der Waals surface area contributed by atoms with Crippen LogP contribution in [-0.4, -0.2) is 35.3 Å². The van der Waals surface area contributed by atoms with E-state index >= 15 is 0 Å². The van der Waals surface area contributed by atoms with E-state index < -0.39 is 0 Å². The van der Waals surface area contributed by atoms with Gasteiger partial charge in [0.1, 0.15) is 0 Å². The molecule has 0 saturated carbocycles. The van der Waals surface area contributed by atoms with E-state index in [4.69, 9.17) is 0 Å². The van der Waals surface area contributed by atoms with Gasteiger partial charge in [-0.05, 0) is 6.92 Å². The number of carbonyl (C=O) groups excluding carboxylic acids is 1. The zero-order valence-electron chi connectivity index (χ0n) is 8.60. The number of aryl methyl sites for hydroxylation is 1. The van der Waals surface area contributed by atoms with Crippen LogP contribution in [0.4, 0.5) is 0 Å². The van der Waals surface area contributed by atoms with Crippen LogP contribution in [0, 0.1) is 6.92 Å². The molecule has 0 aliphatic rings. The molecule has 0 fully saturated rings. The Labute approximate surface area is 118 Å². The van der Waals surface area contributed by atoms with Gasteiger partial charge in [0, 0.05) is 11.1 Å². The average Bonchev–Trinajstić information content (AvgIpc) is 2.30. The minimum atomic E-state index is 0. The molecule has 1 nitrogen and oxygen atoms in total. The van der Waals surface area contributed by atoms with Gasteiger partial charge in [0.15, 0.2) is 5.78 Å². The van der Waals surface area contributed by atoms with Crippen molar-refractivity contribution in [2.45, 2.75) is 6.92 Å². The Balaban J connectivity index is 0.00000128. The summed E-state index contributed by atoms with van der Waals surface area (Å²) in [5.74, 6) is 0.0793. The summed E-state index contributed by atoms with van der Waals surface area (Å²) in [6.45, 7) is 2.01. The van der Waals surface area contributed by atoms with Crippen LogP contribution < -0.4 is 0 Å². The molecule has 2 aromatic carbocycles. The van der Waals surface area contributed by atoms with E-state index in [9.17, 15) is 4.79 Å². The summed E-state index contributed by atoms with van der Waals surface area (Å²) in [6.07, 6.45) is 0. The zero-order chi connectivity index (χ0) is 10.7. The summed E-state index contributed by atoms with van der Waals surface area (Å²) in [6, 6.07) is 17.0. The van der Waals surface area contributed by atoms with E-state index in [1.54, 1.807) is 0 Å². The van der Waals surface area contributed by atoms with E-state index in [1.165, 1.54) is 5.56 Å². The predicted molar refractivity (Wildman–Crippen MR) is 68.2 cm³/mol. The van der Waals surface area contributed by atoms with Gasteiger partial charge in [-0.2, -0.15) is 0 Å². The molecule has 0 radical (unpaired) electrons. The van der Waals surface area contributed by atoms with Crippen molar-refractivity contribution in [1.29, 1.82) is 0 Å². The Kier molecular flexibility index (Phi) is 4.94. The predicted octanol–water partition coefficient (Wildman–Crippen LogP) is 2.58. The Morgan fingerprint density at radius 2 is 1.31 bits per heavy atom. The second kappa shape index (κ2) is 6.00. The SMILES string of the molecule is Cc1ccc(C(=O)c2ccccc2)cc1.[NaH]. The summed E-state index contributed by atoms with van der Waals surface area (Å²) in [4.78, 5) is 12.0. The zero-order valence-corrected chi connectivity index (χ0v) is 8.60. The van der Waals surface area contributed by atoms with Crippen molar-refractivity contribution in [1.82, 2.24) is 0 Å². The molecule has 16 heavy (non-hydrogen) atoms. The molecular formula is C14H13NaO. The summed E-state index contributed by atoms with van der Waals surface area (Å²) < 4.78 is 0. The first-order chi connectivity index (χ1) is 7.27. The molecule has 0 atom stereocenters. The van der Waals surface area contributed by atoms with Crippen LogP contribution in [0.2, 0.25) is 0 Å². The second-order valence-electron chi connectivity index (χ2n) is 3.56. The third-order valence-corrected chi connectivity index (χ3v) is 2.35. The Morgan fingerprint density at radius 1 is 0.812 bits per heavy atom. The molecular weight excluding hydrogens is 207 g/mol. The molecule has 0 aliphatic carbocycles. The molecule has 0 aliphatic heterocycles. The molecule has 0 unspecified atom stereocenters. The monoisotopic (exact) mass is 220 g/mol. The fourth-order valence-corrected chi connectivity index (χ4v) is 1.46. The number of ketones is 1. The number of carbonyl (C=O) groups is 1. The fourth-order valence-electron chi connectivity index (χ4n) is 1.46. The van der Waals surface area contributed by atoms with Crippen molar-refractivity contribution in [3.05, 3.63) is 71.3 Å². The van der Waals surface area contributed by atoms with Crippen LogP contribution in [0.3, 0.4) is 0 Å². The number of hydrogen-bond donors (Lipinski definition) is 0. The first-order valence-corrected chi connectivity index (χ1v) is 4.94. The number of rotatable bonds is 2. The summed E-state index contributed by atoms with van der Waals surface area (Å²) in [5, 5.41) is 0. The topological polar surface area (TPSA) is 17.1 Å². The molecule has 0 bridgehead atoms. The van der Waals surface area contributed by atoms with Crippen molar-refractivity contribution in [2.24, 2.45) is 0 Å². The van der Waals surface area contributed by atoms with Gasteiger partial charge in [0.25, 0.3) is 0 Å². The average molecular weight is 220 g/mol. The summed E-state index contributed by atoms with van der Waals surface area (Å²) >= 11 is 0. The van der Waals surface area contributed by atoms with Gasteiger partial charge in [0.2, 0.25) is 0 Å². The van der Waals surface area contributed by atoms with Crippen LogP contribution in [0.1, 0.15) is 21.5 Å². The number of benzene rings is 2. The third kappa shape index (κ3) is 3.05. The van der Waals surface area contributed by atoms with Crippen LogP contribution in [0.25, 0.3) is 0 Å². The Morgan fingerprint density at radius 3 is 1.88 bits per heavy atom. The van der Waals surface area contributed by atoms with Gasteiger partial charge in [-0.1, -0.05) is 60.2 Å². The molecule has 2 rings (SSSR count). The summed E-state index contributed by atoms with van der Waals surface area (Å²) in [7, 11) is 0. The Bertz CT molecular complexity index is 460. The van der Waals surface area contributed by atoms with Crippen LogP contribution >= 0.6 is 0 Å². The van der Waals surface area contributed by atoms with Gasteiger partial charge in [-0.15, -0.1) is 0 Å². The molecule has 0 saturated heterocycles. The van der Waals surface area contributed by atoms with E-state index in [0.717, 1.165) is 11.1 Å². The molecule has 0 N–H and O–H groups in total. The molecule has 0 amide bonds. The summed E-state index contributed by atoms with van der Waals surface area (Å²) in [5.41, 5.74) is 2.65. The van der Waals surface area contributed by atoms with Crippen molar-refractivity contribution in [2.75, 3.05) is 0 Å². The maximum absolute atomic E-state index is 12.0. The molecule has 76 valence electrons. The first-order valence-electron chi connectivity index (χ1n) is 4.94. The maximum atomic E-state index is 12.0. The van der Waals surface area contributed by atoms with Crippen molar-refractivity contribution >= 4 is 35.3 Å². The van der Waals surface area contributed by atoms with Crippen LogP contribution in [-0.2, 0) is 0 Å².